The number of hydrogen-bond acceptors (Lipinski definition) is 1. The van der Waals surface area contributed by atoms with Crippen LogP contribution in [0, 0.1) is 5.82 Å². The molecule has 0 bridgehead atoms. The average molecular weight is 321 g/mol. The normalized spacial score (nSPS) is 11.0. The van der Waals surface area contributed by atoms with Gasteiger partial charge in [0.25, 0.3) is 0 Å². The molecule has 0 N–H and O–H groups in total. The summed E-state index contributed by atoms with van der Waals surface area (Å²) in [4.78, 5) is 1.26. The van der Waals surface area contributed by atoms with Gasteiger partial charge in [0.2, 0.25) is 0 Å². The summed E-state index contributed by atoms with van der Waals surface area (Å²) in [5.74, 6) is -0.172. The van der Waals surface area contributed by atoms with E-state index in [1.54, 1.807) is 17.4 Å². The van der Waals surface area contributed by atoms with E-state index in [9.17, 15) is 4.39 Å². The van der Waals surface area contributed by atoms with Crippen LogP contribution in [0.25, 0.3) is 10.1 Å². The summed E-state index contributed by atoms with van der Waals surface area (Å²) in [6, 6.07) is 15.3. The van der Waals surface area contributed by atoms with Crippen LogP contribution in [0.2, 0.25) is 0 Å². The van der Waals surface area contributed by atoms with Gasteiger partial charge in [0.15, 0.2) is 0 Å². The standard InChI is InChI=1S/C15H10BrFS/c16-12-3-1-2-10(6-12)7-14-9-11-8-13(17)4-5-15(11)18-14/h1-6,8-9H,7H2. The Morgan fingerprint density at radius 3 is 2.78 bits per heavy atom. The first-order chi connectivity index (χ1) is 8.70. The zero-order chi connectivity index (χ0) is 12.5. The Morgan fingerprint density at radius 2 is 1.94 bits per heavy atom. The van der Waals surface area contributed by atoms with Gasteiger partial charge in [0.05, 0.1) is 0 Å². The number of benzene rings is 2. The van der Waals surface area contributed by atoms with Crippen molar-refractivity contribution >= 4 is 37.4 Å². The largest absolute Gasteiger partial charge is 0.207 e. The molecule has 0 saturated carbocycles. The highest BCUT2D eigenvalue weighted by atomic mass is 79.9. The molecule has 0 aliphatic heterocycles. The van der Waals surface area contributed by atoms with Crippen LogP contribution in [-0.4, -0.2) is 0 Å². The van der Waals surface area contributed by atoms with E-state index in [2.05, 4.69) is 34.1 Å². The van der Waals surface area contributed by atoms with Gasteiger partial charge < -0.3 is 0 Å². The Balaban J connectivity index is 1.95. The molecule has 0 fully saturated rings. The highest BCUT2D eigenvalue weighted by Crippen LogP contribution is 2.28. The van der Waals surface area contributed by atoms with Crippen molar-refractivity contribution in [2.75, 3.05) is 0 Å². The van der Waals surface area contributed by atoms with Gasteiger partial charge in [0.1, 0.15) is 5.82 Å². The fraction of sp³-hybridized carbons (Fsp3) is 0.0667. The van der Waals surface area contributed by atoms with Crippen LogP contribution >= 0.6 is 27.3 Å². The van der Waals surface area contributed by atoms with Crippen molar-refractivity contribution in [2.45, 2.75) is 6.42 Å². The van der Waals surface area contributed by atoms with Crippen LogP contribution in [0.5, 0.6) is 0 Å². The molecule has 2 aromatic carbocycles. The fourth-order valence-electron chi connectivity index (χ4n) is 2.00. The second-order valence-corrected chi connectivity index (χ2v) is 6.29. The number of halogens is 2. The second-order valence-electron chi connectivity index (χ2n) is 4.20. The van der Waals surface area contributed by atoms with Gasteiger partial charge in [-0.15, -0.1) is 11.3 Å². The molecule has 0 unspecified atom stereocenters. The summed E-state index contributed by atoms with van der Waals surface area (Å²) in [5.41, 5.74) is 1.26. The third-order valence-corrected chi connectivity index (χ3v) is 4.41. The third-order valence-electron chi connectivity index (χ3n) is 2.80. The predicted octanol–water partition coefficient (Wildman–Crippen LogP) is 5.39. The molecular formula is C15H10BrFS. The molecule has 0 nitrogen and oxygen atoms in total. The summed E-state index contributed by atoms with van der Waals surface area (Å²) in [7, 11) is 0. The van der Waals surface area contributed by atoms with Crippen molar-refractivity contribution in [3.8, 4) is 0 Å². The van der Waals surface area contributed by atoms with Crippen LogP contribution in [0.1, 0.15) is 10.4 Å². The highest BCUT2D eigenvalue weighted by Gasteiger charge is 2.04. The Bertz CT molecular complexity index is 703. The van der Waals surface area contributed by atoms with Crippen LogP contribution in [0.4, 0.5) is 4.39 Å². The summed E-state index contributed by atoms with van der Waals surface area (Å²) >= 11 is 5.20. The molecule has 3 heteroatoms. The van der Waals surface area contributed by atoms with Crippen LogP contribution in [0.15, 0.2) is 53.0 Å². The monoisotopic (exact) mass is 320 g/mol. The molecule has 0 saturated heterocycles. The summed E-state index contributed by atoms with van der Waals surface area (Å²) < 4.78 is 15.4. The first kappa shape index (κ1) is 11.9. The lowest BCUT2D eigenvalue weighted by Gasteiger charge is -1.98. The first-order valence-electron chi connectivity index (χ1n) is 5.63. The van der Waals surface area contributed by atoms with E-state index in [-0.39, 0.29) is 5.82 Å². The SMILES string of the molecule is Fc1ccc2sc(Cc3cccc(Br)c3)cc2c1. The number of fused-ring (bicyclic) bond motifs is 1. The number of hydrogen-bond donors (Lipinski definition) is 0. The van der Waals surface area contributed by atoms with Gasteiger partial charge in [-0.2, -0.15) is 0 Å². The number of thiophene rings is 1. The molecule has 1 heterocycles. The van der Waals surface area contributed by atoms with Gasteiger partial charge in [-0.25, -0.2) is 4.39 Å². The molecule has 90 valence electrons. The van der Waals surface area contributed by atoms with Gasteiger partial charge in [-0.3, -0.25) is 0 Å². The minimum Gasteiger partial charge on any atom is -0.207 e. The molecule has 0 spiro atoms. The van der Waals surface area contributed by atoms with Crippen molar-refractivity contribution in [1.82, 2.24) is 0 Å². The van der Waals surface area contributed by atoms with Gasteiger partial charge in [0, 0.05) is 20.5 Å². The second kappa shape index (κ2) is 4.82. The summed E-state index contributed by atoms with van der Waals surface area (Å²) in [6.07, 6.45) is 0.889. The van der Waals surface area contributed by atoms with Crippen LogP contribution in [-0.2, 0) is 6.42 Å². The summed E-state index contributed by atoms with van der Waals surface area (Å²) in [6.45, 7) is 0. The molecule has 1 aromatic heterocycles. The quantitative estimate of drug-likeness (QED) is 0.593. The zero-order valence-corrected chi connectivity index (χ0v) is 11.9. The molecule has 0 atom stereocenters. The van der Waals surface area contributed by atoms with Crippen molar-refractivity contribution in [3.63, 3.8) is 0 Å². The lowest BCUT2D eigenvalue weighted by Crippen LogP contribution is -1.83. The molecule has 3 aromatic rings. The topological polar surface area (TPSA) is 0 Å². The predicted molar refractivity (Wildman–Crippen MR) is 78.7 cm³/mol. The molecular weight excluding hydrogens is 311 g/mol. The summed E-state index contributed by atoms with van der Waals surface area (Å²) in [5, 5.41) is 0.991. The Hall–Kier alpha value is -1.19. The van der Waals surface area contributed by atoms with Crippen molar-refractivity contribution in [1.29, 1.82) is 0 Å². The van der Waals surface area contributed by atoms with Crippen LogP contribution in [0.3, 0.4) is 0 Å². The smallest absolute Gasteiger partial charge is 0.123 e. The molecule has 0 amide bonds. The van der Waals surface area contributed by atoms with E-state index < -0.39 is 0 Å². The molecule has 0 radical (unpaired) electrons. The molecule has 3 rings (SSSR count). The fourth-order valence-corrected chi connectivity index (χ4v) is 3.53. The maximum absolute atomic E-state index is 13.1. The zero-order valence-electron chi connectivity index (χ0n) is 9.49. The van der Waals surface area contributed by atoms with E-state index in [1.807, 2.05) is 18.2 Å². The Morgan fingerprint density at radius 1 is 1.06 bits per heavy atom. The Kier molecular flexibility index (Phi) is 3.18. The minimum atomic E-state index is -0.172. The number of rotatable bonds is 2. The van der Waals surface area contributed by atoms with Gasteiger partial charge in [-0.05, 0) is 47.3 Å². The highest BCUT2D eigenvalue weighted by molar-refractivity contribution is 9.10. The molecule has 0 aliphatic rings. The first-order valence-corrected chi connectivity index (χ1v) is 7.24. The van der Waals surface area contributed by atoms with Gasteiger partial charge in [-0.1, -0.05) is 28.1 Å². The maximum Gasteiger partial charge on any atom is 0.123 e. The van der Waals surface area contributed by atoms with Crippen molar-refractivity contribution in [2.24, 2.45) is 0 Å². The van der Waals surface area contributed by atoms with E-state index in [1.165, 1.54) is 16.5 Å². The lowest BCUT2D eigenvalue weighted by molar-refractivity contribution is 0.630. The van der Waals surface area contributed by atoms with E-state index in [4.69, 9.17) is 0 Å². The van der Waals surface area contributed by atoms with E-state index in [0.717, 1.165) is 21.0 Å². The molecule has 0 aliphatic carbocycles. The lowest BCUT2D eigenvalue weighted by atomic mass is 10.1. The van der Waals surface area contributed by atoms with E-state index >= 15 is 0 Å². The Labute approximate surface area is 117 Å². The van der Waals surface area contributed by atoms with E-state index in [0.29, 0.717) is 0 Å². The van der Waals surface area contributed by atoms with Crippen molar-refractivity contribution in [3.05, 3.63) is 69.3 Å². The van der Waals surface area contributed by atoms with Crippen LogP contribution < -0.4 is 0 Å². The minimum absolute atomic E-state index is 0.172. The van der Waals surface area contributed by atoms with Crippen molar-refractivity contribution < 1.29 is 4.39 Å². The third kappa shape index (κ3) is 2.47. The van der Waals surface area contributed by atoms with Gasteiger partial charge >= 0.3 is 0 Å². The molecule has 18 heavy (non-hydrogen) atoms. The maximum atomic E-state index is 13.1. The average Bonchev–Trinajstić information content (AvgIpc) is 2.70.